The Morgan fingerprint density at radius 1 is 0.237 bits per heavy atom. The lowest BCUT2D eigenvalue weighted by molar-refractivity contribution is 1.30. The van der Waals surface area contributed by atoms with Gasteiger partial charge in [-0.05, 0) is 113 Å². The predicted octanol–water partition coefficient (Wildman–Crippen LogP) is 16.4. The van der Waals surface area contributed by atoms with Gasteiger partial charge in [-0.25, -0.2) is 0 Å². The lowest BCUT2D eigenvalue weighted by atomic mass is 9.84. The zero-order valence-electron chi connectivity index (χ0n) is 32.5. The summed E-state index contributed by atoms with van der Waals surface area (Å²) in [6, 6.07) is 86.4. The molecule has 0 fully saturated rings. The van der Waals surface area contributed by atoms with Gasteiger partial charge in [0.25, 0.3) is 0 Å². The summed E-state index contributed by atoms with van der Waals surface area (Å²) in [7, 11) is 0. The Morgan fingerprint density at radius 3 is 1.39 bits per heavy atom. The topological polar surface area (TPSA) is 3.24 Å². The molecule has 11 aromatic carbocycles. The van der Waals surface area contributed by atoms with Crippen molar-refractivity contribution in [3.63, 3.8) is 0 Å². The van der Waals surface area contributed by atoms with E-state index in [4.69, 9.17) is 0 Å². The van der Waals surface area contributed by atoms with Gasteiger partial charge in [-0.1, -0.05) is 206 Å². The second kappa shape index (κ2) is 14.6. The zero-order chi connectivity index (χ0) is 39.1. The van der Waals surface area contributed by atoms with Crippen LogP contribution < -0.4 is 4.90 Å². The minimum absolute atomic E-state index is 1.09. The Balaban J connectivity index is 1.20. The summed E-state index contributed by atoms with van der Waals surface area (Å²) in [4.78, 5) is 2.45. The van der Waals surface area contributed by atoms with Crippen LogP contribution in [-0.4, -0.2) is 0 Å². The molecule has 0 amide bonds. The molecule has 0 saturated carbocycles. The quantitative estimate of drug-likeness (QED) is 0.147. The molecule has 0 atom stereocenters. The Morgan fingerprint density at radius 2 is 0.712 bits per heavy atom. The van der Waals surface area contributed by atoms with Crippen LogP contribution >= 0.6 is 0 Å². The molecule has 11 aromatic rings. The van der Waals surface area contributed by atoms with Crippen LogP contribution in [0, 0.1) is 0 Å². The van der Waals surface area contributed by atoms with Crippen molar-refractivity contribution >= 4 is 60.2 Å². The standard InChI is InChI=1S/C58H39N/c1-3-16-42(17-4-1)55-38-47(39-56(43-18-5-2-6-19-43)58(55)54-30-15-29-52-50-26-11-8-22-44(50)34-37-53(52)54)59(57-31-14-24-41-21-9-12-27-51(41)57)46-35-32-45(33-36-46)49-28-13-23-40-20-7-10-25-48(40)49/h1-39H. The zero-order valence-corrected chi connectivity index (χ0v) is 32.5. The maximum Gasteiger partial charge on any atom is 0.0540 e. The average Bonchev–Trinajstić information content (AvgIpc) is 3.32. The van der Waals surface area contributed by atoms with Crippen molar-refractivity contribution in [2.24, 2.45) is 0 Å². The fraction of sp³-hybridized carbons (Fsp3) is 0. The molecule has 59 heavy (non-hydrogen) atoms. The van der Waals surface area contributed by atoms with Crippen LogP contribution in [0.3, 0.4) is 0 Å². The van der Waals surface area contributed by atoms with Gasteiger partial charge in [0.1, 0.15) is 0 Å². The molecular weight excluding hydrogens is 711 g/mol. The fourth-order valence-corrected chi connectivity index (χ4v) is 9.09. The average molecular weight is 750 g/mol. The van der Waals surface area contributed by atoms with E-state index in [0.717, 1.165) is 17.1 Å². The molecule has 0 heterocycles. The maximum atomic E-state index is 2.45. The van der Waals surface area contributed by atoms with E-state index in [-0.39, 0.29) is 0 Å². The first-order chi connectivity index (χ1) is 29.3. The van der Waals surface area contributed by atoms with E-state index < -0.39 is 0 Å². The van der Waals surface area contributed by atoms with Gasteiger partial charge >= 0.3 is 0 Å². The lowest BCUT2D eigenvalue weighted by Gasteiger charge is -2.29. The third-order valence-corrected chi connectivity index (χ3v) is 11.8. The molecule has 0 aliphatic carbocycles. The van der Waals surface area contributed by atoms with Crippen LogP contribution in [0.1, 0.15) is 0 Å². The molecule has 0 aliphatic heterocycles. The van der Waals surface area contributed by atoms with Crippen LogP contribution in [0.25, 0.3) is 87.6 Å². The normalized spacial score (nSPS) is 11.4. The summed E-state index contributed by atoms with van der Waals surface area (Å²) in [6.45, 7) is 0. The van der Waals surface area contributed by atoms with E-state index in [1.165, 1.54) is 87.6 Å². The summed E-state index contributed by atoms with van der Waals surface area (Å²) in [5.41, 5.74) is 12.9. The number of nitrogens with zero attached hydrogens (tertiary/aromatic N) is 1. The Labute approximate surface area is 344 Å². The van der Waals surface area contributed by atoms with Crippen molar-refractivity contribution in [1.29, 1.82) is 0 Å². The summed E-state index contributed by atoms with van der Waals surface area (Å²) in [5.74, 6) is 0. The van der Waals surface area contributed by atoms with Crippen LogP contribution in [0.2, 0.25) is 0 Å². The van der Waals surface area contributed by atoms with Crippen molar-refractivity contribution in [3.8, 4) is 44.5 Å². The summed E-state index contributed by atoms with van der Waals surface area (Å²) < 4.78 is 0. The highest BCUT2D eigenvalue weighted by Gasteiger charge is 2.23. The number of benzene rings is 11. The van der Waals surface area contributed by atoms with Crippen molar-refractivity contribution in [2.45, 2.75) is 0 Å². The van der Waals surface area contributed by atoms with E-state index in [1.807, 2.05) is 0 Å². The van der Waals surface area contributed by atoms with Gasteiger partial charge in [-0.3, -0.25) is 0 Å². The second-order valence-electron chi connectivity index (χ2n) is 15.2. The minimum atomic E-state index is 1.09. The van der Waals surface area contributed by atoms with E-state index in [2.05, 4.69) is 241 Å². The van der Waals surface area contributed by atoms with Crippen molar-refractivity contribution in [1.82, 2.24) is 0 Å². The van der Waals surface area contributed by atoms with Gasteiger partial charge in [-0.15, -0.1) is 0 Å². The molecule has 0 N–H and O–H groups in total. The largest absolute Gasteiger partial charge is 0.310 e. The molecular formula is C58H39N. The van der Waals surface area contributed by atoms with Gasteiger partial charge in [0.05, 0.1) is 5.69 Å². The Bertz CT molecular complexity index is 3240. The minimum Gasteiger partial charge on any atom is -0.310 e. The molecule has 1 nitrogen and oxygen atoms in total. The van der Waals surface area contributed by atoms with Crippen LogP contribution in [-0.2, 0) is 0 Å². The molecule has 0 bridgehead atoms. The van der Waals surface area contributed by atoms with Crippen LogP contribution in [0.5, 0.6) is 0 Å². The van der Waals surface area contributed by atoms with Gasteiger partial charge in [0.2, 0.25) is 0 Å². The lowest BCUT2D eigenvalue weighted by Crippen LogP contribution is -2.11. The third kappa shape index (κ3) is 6.12. The van der Waals surface area contributed by atoms with E-state index in [0.29, 0.717) is 0 Å². The molecule has 0 radical (unpaired) electrons. The Hall–Kier alpha value is -7.74. The first-order valence-electron chi connectivity index (χ1n) is 20.3. The fourth-order valence-electron chi connectivity index (χ4n) is 9.09. The molecule has 11 rings (SSSR count). The first-order valence-corrected chi connectivity index (χ1v) is 20.3. The number of hydrogen-bond donors (Lipinski definition) is 0. The van der Waals surface area contributed by atoms with E-state index in [9.17, 15) is 0 Å². The molecule has 1 heteroatoms. The molecule has 0 saturated heterocycles. The monoisotopic (exact) mass is 749 g/mol. The van der Waals surface area contributed by atoms with Gasteiger partial charge in [0, 0.05) is 16.8 Å². The molecule has 0 aromatic heterocycles. The summed E-state index contributed by atoms with van der Waals surface area (Å²) >= 11 is 0. The first kappa shape index (κ1) is 34.5. The van der Waals surface area contributed by atoms with Gasteiger partial charge in [0.15, 0.2) is 0 Å². The smallest absolute Gasteiger partial charge is 0.0540 e. The van der Waals surface area contributed by atoms with Crippen molar-refractivity contribution in [3.05, 3.63) is 237 Å². The molecule has 0 spiro atoms. The van der Waals surface area contributed by atoms with Gasteiger partial charge in [-0.2, -0.15) is 0 Å². The number of hydrogen-bond acceptors (Lipinski definition) is 1. The molecule has 0 aliphatic rings. The third-order valence-electron chi connectivity index (χ3n) is 11.8. The highest BCUT2D eigenvalue weighted by Crippen LogP contribution is 2.49. The van der Waals surface area contributed by atoms with Crippen LogP contribution in [0.15, 0.2) is 237 Å². The number of anilines is 3. The van der Waals surface area contributed by atoms with E-state index in [1.54, 1.807) is 0 Å². The highest BCUT2D eigenvalue weighted by atomic mass is 15.1. The SMILES string of the molecule is c1ccc(-c2cc(N(c3ccc(-c4cccc5ccccc45)cc3)c3cccc4ccccc34)cc(-c3ccccc3)c2-c2cccc3c2ccc2ccccc23)cc1. The second-order valence-corrected chi connectivity index (χ2v) is 15.2. The van der Waals surface area contributed by atoms with Crippen LogP contribution in [0.4, 0.5) is 17.1 Å². The van der Waals surface area contributed by atoms with Crippen molar-refractivity contribution in [2.75, 3.05) is 4.90 Å². The van der Waals surface area contributed by atoms with Crippen molar-refractivity contribution < 1.29 is 0 Å². The highest BCUT2D eigenvalue weighted by molar-refractivity contribution is 6.15. The molecule has 0 unspecified atom stereocenters. The Kier molecular flexibility index (Phi) is 8.56. The summed E-state index contributed by atoms with van der Waals surface area (Å²) in [5, 5.41) is 9.90. The predicted molar refractivity (Wildman–Crippen MR) is 253 cm³/mol. The maximum absolute atomic E-state index is 2.45. The molecule has 276 valence electrons. The number of fused-ring (bicyclic) bond motifs is 5. The van der Waals surface area contributed by atoms with E-state index >= 15 is 0 Å². The number of rotatable bonds is 7. The van der Waals surface area contributed by atoms with Gasteiger partial charge < -0.3 is 4.90 Å². The summed E-state index contributed by atoms with van der Waals surface area (Å²) in [6.07, 6.45) is 0.